The Bertz CT molecular complexity index is 477. The molecule has 108 valence electrons. The largest absolute Gasteiger partial charge is 0.465 e. The van der Waals surface area contributed by atoms with Crippen LogP contribution in [0.5, 0.6) is 0 Å². The second-order valence-corrected chi connectivity index (χ2v) is 5.88. The third-order valence-electron chi connectivity index (χ3n) is 4.53. The van der Waals surface area contributed by atoms with Gasteiger partial charge >= 0.3 is 6.09 Å². The number of amides is 1. The zero-order chi connectivity index (χ0) is 14.1. The van der Waals surface area contributed by atoms with Gasteiger partial charge in [-0.25, -0.2) is 9.18 Å². The molecule has 1 saturated heterocycles. The van der Waals surface area contributed by atoms with Crippen molar-refractivity contribution in [3.8, 4) is 0 Å². The molecule has 1 saturated carbocycles. The fourth-order valence-electron chi connectivity index (χ4n) is 3.49. The molecular weight excluding hydrogens is 259 g/mol. The standard InChI is InChI=1S/C15H19FN2O2/c16-13-3-1-10(2-4-13)7-17-14-5-11-8-18(15(19)20)9-12(11)6-14/h1-4,11-12,14,17H,5-9H2,(H,19,20)/t11-,12+,14+. The van der Waals surface area contributed by atoms with Crippen molar-refractivity contribution in [3.05, 3.63) is 35.6 Å². The highest BCUT2D eigenvalue weighted by atomic mass is 19.1. The molecule has 5 heteroatoms. The quantitative estimate of drug-likeness (QED) is 0.892. The van der Waals surface area contributed by atoms with Crippen LogP contribution in [0.2, 0.25) is 0 Å². The number of benzene rings is 1. The molecule has 3 atom stereocenters. The summed E-state index contributed by atoms with van der Waals surface area (Å²) in [5, 5.41) is 12.5. The van der Waals surface area contributed by atoms with E-state index >= 15 is 0 Å². The second kappa shape index (κ2) is 5.40. The van der Waals surface area contributed by atoms with E-state index in [1.165, 1.54) is 17.0 Å². The molecule has 4 nitrogen and oxygen atoms in total. The summed E-state index contributed by atoms with van der Waals surface area (Å²) in [6.45, 7) is 2.09. The fraction of sp³-hybridized carbons (Fsp3) is 0.533. The third-order valence-corrected chi connectivity index (χ3v) is 4.53. The highest BCUT2D eigenvalue weighted by Gasteiger charge is 2.42. The molecule has 2 fully saturated rings. The van der Waals surface area contributed by atoms with Gasteiger partial charge in [-0.15, -0.1) is 0 Å². The van der Waals surface area contributed by atoms with E-state index in [2.05, 4.69) is 5.32 Å². The summed E-state index contributed by atoms with van der Waals surface area (Å²) in [4.78, 5) is 12.5. The van der Waals surface area contributed by atoms with Crippen LogP contribution in [-0.4, -0.2) is 35.2 Å². The molecule has 1 amide bonds. The van der Waals surface area contributed by atoms with Gasteiger partial charge in [-0.3, -0.25) is 0 Å². The molecule has 0 unspecified atom stereocenters. The van der Waals surface area contributed by atoms with Gasteiger partial charge in [-0.2, -0.15) is 0 Å². The zero-order valence-electron chi connectivity index (χ0n) is 11.3. The van der Waals surface area contributed by atoms with Gasteiger partial charge in [0.1, 0.15) is 5.82 Å². The van der Waals surface area contributed by atoms with Crippen molar-refractivity contribution in [3.63, 3.8) is 0 Å². The van der Waals surface area contributed by atoms with Gasteiger partial charge in [-0.05, 0) is 42.4 Å². The molecule has 1 aromatic rings. The highest BCUT2D eigenvalue weighted by Crippen LogP contribution is 2.38. The Morgan fingerprint density at radius 3 is 2.40 bits per heavy atom. The summed E-state index contributed by atoms with van der Waals surface area (Å²) in [5.41, 5.74) is 1.08. The van der Waals surface area contributed by atoms with Crippen LogP contribution >= 0.6 is 0 Å². The van der Waals surface area contributed by atoms with Gasteiger partial charge in [0.05, 0.1) is 0 Å². The van der Waals surface area contributed by atoms with E-state index in [1.807, 2.05) is 0 Å². The van der Waals surface area contributed by atoms with Crippen LogP contribution < -0.4 is 5.32 Å². The minimum atomic E-state index is -0.796. The molecule has 2 aliphatic rings. The Labute approximate surface area is 117 Å². The predicted molar refractivity (Wildman–Crippen MR) is 72.8 cm³/mol. The maximum Gasteiger partial charge on any atom is 0.407 e. The summed E-state index contributed by atoms with van der Waals surface area (Å²) in [5.74, 6) is 0.784. The first kappa shape index (κ1) is 13.4. The number of nitrogens with zero attached hydrogens (tertiary/aromatic N) is 1. The number of likely N-dealkylation sites (tertiary alicyclic amines) is 1. The van der Waals surface area contributed by atoms with Crippen LogP contribution in [0.25, 0.3) is 0 Å². The lowest BCUT2D eigenvalue weighted by atomic mass is 10.0. The number of halogens is 1. The molecular formula is C15H19FN2O2. The molecule has 1 aromatic carbocycles. The Morgan fingerprint density at radius 1 is 1.25 bits per heavy atom. The maximum atomic E-state index is 12.8. The first-order valence-corrected chi connectivity index (χ1v) is 7.07. The van der Waals surface area contributed by atoms with Crippen LogP contribution in [0, 0.1) is 17.7 Å². The minimum Gasteiger partial charge on any atom is -0.465 e. The maximum absolute atomic E-state index is 12.8. The monoisotopic (exact) mass is 278 g/mol. The molecule has 20 heavy (non-hydrogen) atoms. The normalized spacial score (nSPS) is 28.6. The lowest BCUT2D eigenvalue weighted by Crippen LogP contribution is -2.32. The summed E-state index contributed by atoms with van der Waals surface area (Å²) in [6.07, 6.45) is 1.28. The van der Waals surface area contributed by atoms with E-state index in [9.17, 15) is 9.18 Å². The lowest BCUT2D eigenvalue weighted by molar-refractivity contribution is 0.151. The van der Waals surface area contributed by atoms with Crippen molar-refractivity contribution in [2.75, 3.05) is 13.1 Å². The van der Waals surface area contributed by atoms with Crippen LogP contribution in [0.1, 0.15) is 18.4 Å². The Hall–Kier alpha value is -1.62. The predicted octanol–water partition coefficient (Wildman–Crippen LogP) is 2.30. The molecule has 2 N–H and O–H groups in total. The molecule has 1 aliphatic carbocycles. The smallest absolute Gasteiger partial charge is 0.407 e. The van der Waals surface area contributed by atoms with Crippen molar-refractivity contribution in [1.29, 1.82) is 0 Å². The van der Waals surface area contributed by atoms with Gasteiger partial charge in [0.15, 0.2) is 0 Å². The lowest BCUT2D eigenvalue weighted by Gasteiger charge is -2.17. The number of hydrogen-bond acceptors (Lipinski definition) is 2. The molecule has 3 rings (SSSR count). The minimum absolute atomic E-state index is 0.210. The molecule has 0 bridgehead atoms. The van der Waals surface area contributed by atoms with Crippen LogP contribution in [0.15, 0.2) is 24.3 Å². The first-order chi connectivity index (χ1) is 9.61. The van der Waals surface area contributed by atoms with Crippen LogP contribution in [0.4, 0.5) is 9.18 Å². The Kier molecular flexibility index (Phi) is 3.61. The zero-order valence-corrected chi connectivity index (χ0v) is 11.3. The number of carboxylic acid groups (broad SMARTS) is 1. The third kappa shape index (κ3) is 2.77. The summed E-state index contributed by atoms with van der Waals surface area (Å²) < 4.78 is 12.8. The van der Waals surface area contributed by atoms with E-state index in [-0.39, 0.29) is 5.82 Å². The topological polar surface area (TPSA) is 52.6 Å². The Morgan fingerprint density at radius 2 is 1.85 bits per heavy atom. The summed E-state index contributed by atoms with van der Waals surface area (Å²) >= 11 is 0. The van der Waals surface area contributed by atoms with Gasteiger partial charge in [0.25, 0.3) is 0 Å². The van der Waals surface area contributed by atoms with E-state index in [0.717, 1.165) is 24.9 Å². The first-order valence-electron chi connectivity index (χ1n) is 7.07. The molecule has 0 aromatic heterocycles. The number of hydrogen-bond donors (Lipinski definition) is 2. The van der Waals surface area contributed by atoms with E-state index in [4.69, 9.17) is 5.11 Å². The van der Waals surface area contributed by atoms with Gasteiger partial charge in [0.2, 0.25) is 0 Å². The number of carbonyl (C=O) groups is 1. The highest BCUT2D eigenvalue weighted by molar-refractivity contribution is 5.65. The molecule has 0 spiro atoms. The average Bonchev–Trinajstić information content (AvgIpc) is 2.96. The SMILES string of the molecule is O=C(O)N1C[C@H]2C[C@H](NCc3ccc(F)cc3)C[C@H]2C1. The molecule has 1 aliphatic heterocycles. The van der Waals surface area contributed by atoms with Gasteiger partial charge in [-0.1, -0.05) is 12.1 Å². The number of fused-ring (bicyclic) bond motifs is 1. The van der Waals surface area contributed by atoms with Gasteiger partial charge < -0.3 is 15.3 Å². The van der Waals surface area contributed by atoms with Crippen molar-refractivity contribution in [2.45, 2.75) is 25.4 Å². The average molecular weight is 278 g/mol. The second-order valence-electron chi connectivity index (χ2n) is 5.88. The molecule has 0 radical (unpaired) electrons. The Balaban J connectivity index is 1.48. The number of rotatable bonds is 3. The van der Waals surface area contributed by atoms with Crippen LogP contribution in [-0.2, 0) is 6.54 Å². The van der Waals surface area contributed by atoms with Crippen molar-refractivity contribution in [2.24, 2.45) is 11.8 Å². The van der Waals surface area contributed by atoms with E-state index in [1.54, 1.807) is 12.1 Å². The van der Waals surface area contributed by atoms with Crippen molar-refractivity contribution >= 4 is 6.09 Å². The summed E-state index contributed by atoms with van der Waals surface area (Å²) in [6, 6.07) is 7.00. The van der Waals surface area contributed by atoms with E-state index in [0.29, 0.717) is 31.0 Å². The van der Waals surface area contributed by atoms with Gasteiger partial charge in [0, 0.05) is 25.7 Å². The number of nitrogens with one attached hydrogen (secondary N) is 1. The van der Waals surface area contributed by atoms with Crippen molar-refractivity contribution in [1.82, 2.24) is 10.2 Å². The van der Waals surface area contributed by atoms with Crippen molar-refractivity contribution < 1.29 is 14.3 Å². The fourth-order valence-corrected chi connectivity index (χ4v) is 3.49. The van der Waals surface area contributed by atoms with E-state index < -0.39 is 6.09 Å². The summed E-state index contributed by atoms with van der Waals surface area (Å²) in [7, 11) is 0. The molecule has 1 heterocycles. The van der Waals surface area contributed by atoms with Crippen LogP contribution in [0.3, 0.4) is 0 Å².